The van der Waals surface area contributed by atoms with E-state index in [-0.39, 0.29) is 5.95 Å². The standard InChI is InChI=1S/C11H12ClN5/c12-9-7-16-11(13)17-10(9)15-5-3-8-2-1-4-14-6-8/h1-2,4,6-7H,3,5H2,(H3,13,15,16,17). The summed E-state index contributed by atoms with van der Waals surface area (Å²) in [5.41, 5.74) is 6.63. The Labute approximate surface area is 104 Å². The van der Waals surface area contributed by atoms with Gasteiger partial charge in [-0.25, -0.2) is 4.98 Å². The number of nitrogens with zero attached hydrogens (tertiary/aromatic N) is 3. The average Bonchev–Trinajstić information content (AvgIpc) is 2.35. The highest BCUT2D eigenvalue weighted by molar-refractivity contribution is 6.32. The molecule has 5 nitrogen and oxygen atoms in total. The van der Waals surface area contributed by atoms with Crippen LogP contribution in [0.1, 0.15) is 5.56 Å². The molecule has 0 fully saturated rings. The lowest BCUT2D eigenvalue weighted by Crippen LogP contribution is -2.08. The van der Waals surface area contributed by atoms with Gasteiger partial charge in [-0.2, -0.15) is 4.98 Å². The third-order valence-corrected chi connectivity index (χ3v) is 2.47. The summed E-state index contributed by atoms with van der Waals surface area (Å²) in [6.07, 6.45) is 5.90. The fourth-order valence-electron chi connectivity index (χ4n) is 1.38. The van der Waals surface area contributed by atoms with E-state index < -0.39 is 0 Å². The minimum absolute atomic E-state index is 0.207. The van der Waals surface area contributed by atoms with Crippen LogP contribution in [0, 0.1) is 0 Å². The molecule has 6 heteroatoms. The maximum absolute atomic E-state index is 5.92. The van der Waals surface area contributed by atoms with Crippen molar-refractivity contribution in [2.75, 3.05) is 17.6 Å². The van der Waals surface area contributed by atoms with Gasteiger partial charge in [0.25, 0.3) is 0 Å². The van der Waals surface area contributed by atoms with Gasteiger partial charge in [-0.05, 0) is 18.1 Å². The highest BCUT2D eigenvalue weighted by atomic mass is 35.5. The fourth-order valence-corrected chi connectivity index (χ4v) is 1.53. The van der Waals surface area contributed by atoms with Crippen LogP contribution >= 0.6 is 11.6 Å². The Hall–Kier alpha value is -1.88. The largest absolute Gasteiger partial charge is 0.368 e. The van der Waals surface area contributed by atoms with E-state index in [1.54, 1.807) is 6.20 Å². The first-order valence-electron chi connectivity index (χ1n) is 5.16. The summed E-state index contributed by atoms with van der Waals surface area (Å²) in [6.45, 7) is 0.710. The summed E-state index contributed by atoms with van der Waals surface area (Å²) in [5, 5.41) is 3.57. The van der Waals surface area contributed by atoms with Gasteiger partial charge in [-0.3, -0.25) is 4.98 Å². The predicted octanol–water partition coefficient (Wildman–Crippen LogP) is 1.76. The summed E-state index contributed by atoms with van der Waals surface area (Å²) < 4.78 is 0. The van der Waals surface area contributed by atoms with Gasteiger partial charge >= 0.3 is 0 Å². The molecule has 0 aromatic carbocycles. The number of rotatable bonds is 4. The number of hydrogen-bond acceptors (Lipinski definition) is 5. The lowest BCUT2D eigenvalue weighted by molar-refractivity contribution is 0.990. The molecule has 0 amide bonds. The minimum Gasteiger partial charge on any atom is -0.368 e. The van der Waals surface area contributed by atoms with E-state index in [4.69, 9.17) is 17.3 Å². The summed E-state index contributed by atoms with van der Waals surface area (Å²) in [5.74, 6) is 0.765. The Bertz CT molecular complexity index is 488. The highest BCUT2D eigenvalue weighted by Crippen LogP contribution is 2.18. The van der Waals surface area contributed by atoms with E-state index in [1.165, 1.54) is 6.20 Å². The molecule has 17 heavy (non-hydrogen) atoms. The molecule has 0 saturated carbocycles. The van der Waals surface area contributed by atoms with Gasteiger partial charge in [0.1, 0.15) is 10.8 Å². The van der Waals surface area contributed by atoms with Crippen LogP contribution in [0.5, 0.6) is 0 Å². The van der Waals surface area contributed by atoms with Crippen molar-refractivity contribution in [3.63, 3.8) is 0 Å². The fraction of sp³-hybridized carbons (Fsp3) is 0.182. The second-order valence-corrected chi connectivity index (χ2v) is 3.87. The molecule has 0 unspecified atom stereocenters. The van der Waals surface area contributed by atoms with Gasteiger partial charge in [0, 0.05) is 18.9 Å². The number of nitrogen functional groups attached to an aromatic ring is 1. The highest BCUT2D eigenvalue weighted by Gasteiger charge is 2.02. The predicted molar refractivity (Wildman–Crippen MR) is 67.9 cm³/mol. The number of aromatic nitrogens is 3. The maximum atomic E-state index is 5.92. The second kappa shape index (κ2) is 5.45. The van der Waals surface area contributed by atoms with Crippen molar-refractivity contribution >= 4 is 23.4 Å². The molecule has 0 atom stereocenters. The summed E-state index contributed by atoms with van der Waals surface area (Å²) in [6, 6.07) is 3.93. The Morgan fingerprint density at radius 1 is 1.35 bits per heavy atom. The van der Waals surface area contributed by atoms with Gasteiger partial charge in [0.15, 0.2) is 0 Å². The molecule has 0 spiro atoms. The van der Waals surface area contributed by atoms with E-state index in [0.717, 1.165) is 12.0 Å². The van der Waals surface area contributed by atoms with Crippen LogP contribution < -0.4 is 11.1 Å². The lowest BCUT2D eigenvalue weighted by atomic mass is 10.2. The van der Waals surface area contributed by atoms with E-state index in [9.17, 15) is 0 Å². The summed E-state index contributed by atoms with van der Waals surface area (Å²) in [4.78, 5) is 11.8. The van der Waals surface area contributed by atoms with E-state index in [1.807, 2.05) is 18.3 Å². The van der Waals surface area contributed by atoms with Gasteiger partial charge in [-0.1, -0.05) is 17.7 Å². The number of pyridine rings is 1. The van der Waals surface area contributed by atoms with Crippen LogP contribution in [0.3, 0.4) is 0 Å². The van der Waals surface area contributed by atoms with Gasteiger partial charge in [-0.15, -0.1) is 0 Å². The average molecular weight is 250 g/mol. The number of nitrogens with one attached hydrogen (secondary N) is 1. The van der Waals surface area contributed by atoms with Crippen LogP contribution in [-0.4, -0.2) is 21.5 Å². The molecular weight excluding hydrogens is 238 g/mol. The van der Waals surface area contributed by atoms with Gasteiger partial charge < -0.3 is 11.1 Å². The lowest BCUT2D eigenvalue weighted by Gasteiger charge is -2.07. The Morgan fingerprint density at radius 2 is 2.24 bits per heavy atom. The molecule has 0 saturated heterocycles. The van der Waals surface area contributed by atoms with Crippen molar-refractivity contribution in [2.45, 2.75) is 6.42 Å². The molecular formula is C11H12ClN5. The van der Waals surface area contributed by atoms with Crippen LogP contribution in [-0.2, 0) is 6.42 Å². The van der Waals surface area contributed by atoms with Crippen LogP contribution in [0.4, 0.5) is 11.8 Å². The summed E-state index contributed by atoms with van der Waals surface area (Å²) >= 11 is 5.92. The first kappa shape index (κ1) is 11.6. The topological polar surface area (TPSA) is 76.7 Å². The maximum Gasteiger partial charge on any atom is 0.222 e. The van der Waals surface area contributed by atoms with Crippen molar-refractivity contribution in [1.29, 1.82) is 0 Å². The number of halogens is 1. The van der Waals surface area contributed by atoms with E-state index in [0.29, 0.717) is 17.4 Å². The number of nitrogens with two attached hydrogens (primary N) is 1. The molecule has 88 valence electrons. The Kier molecular flexibility index (Phi) is 3.72. The molecule has 2 aromatic rings. The molecule has 2 rings (SSSR count). The SMILES string of the molecule is Nc1ncc(Cl)c(NCCc2cccnc2)n1. The summed E-state index contributed by atoms with van der Waals surface area (Å²) in [7, 11) is 0. The van der Waals surface area contributed by atoms with Crippen molar-refractivity contribution in [3.05, 3.63) is 41.3 Å². The smallest absolute Gasteiger partial charge is 0.222 e. The first-order chi connectivity index (χ1) is 8.25. The van der Waals surface area contributed by atoms with Gasteiger partial charge in [0.05, 0.1) is 6.20 Å². The minimum atomic E-state index is 0.207. The molecule has 2 heterocycles. The van der Waals surface area contributed by atoms with Crippen molar-refractivity contribution in [1.82, 2.24) is 15.0 Å². The zero-order valence-electron chi connectivity index (χ0n) is 9.10. The van der Waals surface area contributed by atoms with E-state index in [2.05, 4.69) is 20.3 Å². The normalized spacial score (nSPS) is 10.2. The van der Waals surface area contributed by atoms with Crippen molar-refractivity contribution < 1.29 is 0 Å². The van der Waals surface area contributed by atoms with Crippen molar-refractivity contribution in [2.24, 2.45) is 0 Å². The molecule has 0 aliphatic heterocycles. The third-order valence-electron chi connectivity index (χ3n) is 2.19. The van der Waals surface area contributed by atoms with Crippen molar-refractivity contribution in [3.8, 4) is 0 Å². The molecule has 0 radical (unpaired) electrons. The molecule has 3 N–H and O–H groups in total. The van der Waals surface area contributed by atoms with Crippen LogP contribution in [0.2, 0.25) is 5.02 Å². The number of hydrogen-bond donors (Lipinski definition) is 2. The zero-order valence-corrected chi connectivity index (χ0v) is 9.85. The second-order valence-electron chi connectivity index (χ2n) is 3.46. The van der Waals surface area contributed by atoms with Crippen LogP contribution in [0.15, 0.2) is 30.7 Å². The van der Waals surface area contributed by atoms with Crippen LogP contribution in [0.25, 0.3) is 0 Å². The Balaban J connectivity index is 1.92. The first-order valence-corrected chi connectivity index (χ1v) is 5.54. The number of anilines is 2. The molecule has 0 aliphatic carbocycles. The quantitative estimate of drug-likeness (QED) is 0.864. The molecule has 2 aromatic heterocycles. The molecule has 0 bridgehead atoms. The Morgan fingerprint density at radius 3 is 3.00 bits per heavy atom. The van der Waals surface area contributed by atoms with E-state index >= 15 is 0 Å². The zero-order chi connectivity index (χ0) is 12.1. The molecule has 0 aliphatic rings. The van der Waals surface area contributed by atoms with Gasteiger partial charge in [0.2, 0.25) is 5.95 Å². The monoisotopic (exact) mass is 249 g/mol. The third kappa shape index (κ3) is 3.29.